The molecule has 3 aromatic carbocycles. The summed E-state index contributed by atoms with van der Waals surface area (Å²) in [7, 11) is 0. The molecule has 204 valence electrons. The Kier molecular flexibility index (Phi) is 8.76. The Morgan fingerprint density at radius 3 is 2.00 bits per heavy atom. The van der Waals surface area contributed by atoms with E-state index in [1.807, 2.05) is 62.4 Å². The number of nitrogens with zero attached hydrogens (tertiary/aromatic N) is 4. The van der Waals surface area contributed by atoms with Crippen molar-refractivity contribution in [3.63, 3.8) is 0 Å². The van der Waals surface area contributed by atoms with Crippen LogP contribution in [0.3, 0.4) is 0 Å². The molecule has 0 unspecified atom stereocenters. The van der Waals surface area contributed by atoms with E-state index >= 15 is 0 Å². The highest BCUT2D eigenvalue weighted by atomic mass is 16.6. The zero-order valence-corrected chi connectivity index (χ0v) is 23.0. The predicted molar refractivity (Wildman–Crippen MR) is 156 cm³/mol. The number of hydrogen-bond donors (Lipinski definition) is 1. The second kappa shape index (κ2) is 12.4. The van der Waals surface area contributed by atoms with Gasteiger partial charge in [-0.3, -0.25) is 4.79 Å². The quantitative estimate of drug-likeness (QED) is 0.236. The molecule has 0 atom stereocenters. The van der Waals surface area contributed by atoms with Crippen LogP contribution in [0.1, 0.15) is 39.2 Å². The fraction of sp³-hybridized carbons (Fsp3) is 0.290. The highest BCUT2D eigenvalue weighted by molar-refractivity contribution is 5.98. The lowest BCUT2D eigenvalue weighted by molar-refractivity contribution is 0.154. The molecule has 0 radical (unpaired) electrons. The van der Waals surface area contributed by atoms with Crippen molar-refractivity contribution in [2.24, 2.45) is 0 Å². The Balaban J connectivity index is 1.97. The maximum absolute atomic E-state index is 14.1. The van der Waals surface area contributed by atoms with Gasteiger partial charge in [-0.2, -0.15) is 0 Å². The number of para-hydroxylation sites is 2. The molecule has 0 bridgehead atoms. The first kappa shape index (κ1) is 27.6. The van der Waals surface area contributed by atoms with Gasteiger partial charge in [-0.1, -0.05) is 49.7 Å². The molecule has 0 aliphatic heterocycles. The van der Waals surface area contributed by atoms with Crippen molar-refractivity contribution < 1.29 is 14.6 Å². The minimum absolute atomic E-state index is 0.178. The molecule has 0 aliphatic carbocycles. The van der Waals surface area contributed by atoms with Gasteiger partial charge < -0.3 is 14.7 Å². The Labute approximate surface area is 229 Å². The predicted octanol–water partition coefficient (Wildman–Crippen LogP) is 6.56. The first-order valence-electron chi connectivity index (χ1n) is 13.4. The van der Waals surface area contributed by atoms with E-state index in [0.717, 1.165) is 30.8 Å². The molecule has 1 N–H and O–H groups in total. The van der Waals surface area contributed by atoms with Crippen LogP contribution in [0.25, 0.3) is 11.4 Å². The third kappa shape index (κ3) is 5.55. The number of carbonyl (C=O) groups excluding carboxylic acids is 1. The van der Waals surface area contributed by atoms with Gasteiger partial charge in [-0.25, -0.2) is 19.1 Å². The monoisotopic (exact) mass is 528 g/mol. The third-order valence-corrected chi connectivity index (χ3v) is 6.69. The number of unbranched alkanes of at least 4 members (excludes halogenated alkanes) is 1. The van der Waals surface area contributed by atoms with Crippen LogP contribution in [0.4, 0.5) is 21.9 Å². The van der Waals surface area contributed by atoms with E-state index in [0.29, 0.717) is 23.5 Å². The fourth-order valence-electron chi connectivity index (χ4n) is 4.64. The number of rotatable bonds is 10. The van der Waals surface area contributed by atoms with Gasteiger partial charge in [0.25, 0.3) is 5.56 Å². The molecule has 1 heterocycles. The topological polar surface area (TPSA) is 79.9 Å². The van der Waals surface area contributed by atoms with Gasteiger partial charge in [0, 0.05) is 18.8 Å². The van der Waals surface area contributed by atoms with E-state index in [1.165, 1.54) is 14.3 Å². The number of hydrogen-bond acceptors (Lipinski definition) is 5. The van der Waals surface area contributed by atoms with Crippen molar-refractivity contribution in [2.75, 3.05) is 29.5 Å². The summed E-state index contributed by atoms with van der Waals surface area (Å²) in [6.07, 6.45) is 0.812. The molecule has 0 saturated carbocycles. The number of ether oxygens (including phenoxy) is 1. The van der Waals surface area contributed by atoms with E-state index in [1.54, 1.807) is 30.3 Å². The van der Waals surface area contributed by atoms with Crippen LogP contribution in [0.15, 0.2) is 83.7 Å². The minimum Gasteiger partial charge on any atom is -0.492 e. The van der Waals surface area contributed by atoms with Gasteiger partial charge >= 0.3 is 6.09 Å². The number of aromatic nitrogens is 2. The van der Waals surface area contributed by atoms with Crippen LogP contribution >= 0.6 is 0 Å². The summed E-state index contributed by atoms with van der Waals surface area (Å²) in [5.74, 6) is -0.366. The molecule has 0 spiro atoms. The van der Waals surface area contributed by atoms with Gasteiger partial charge in [0.1, 0.15) is 0 Å². The lowest BCUT2D eigenvalue weighted by Crippen LogP contribution is -2.32. The van der Waals surface area contributed by atoms with Gasteiger partial charge in [0.05, 0.1) is 23.7 Å². The van der Waals surface area contributed by atoms with Gasteiger partial charge in [0.15, 0.2) is 5.69 Å². The van der Waals surface area contributed by atoms with Crippen LogP contribution < -0.4 is 15.4 Å². The van der Waals surface area contributed by atoms with Crippen LogP contribution in [-0.2, 0) is 4.74 Å². The Hall–Kier alpha value is -4.46. The molecule has 8 nitrogen and oxygen atoms in total. The van der Waals surface area contributed by atoms with Crippen molar-refractivity contribution in [3.05, 3.63) is 94.8 Å². The lowest BCUT2D eigenvalue weighted by atomic mass is 10.1. The zero-order chi connectivity index (χ0) is 27.9. The average molecular weight is 529 g/mol. The van der Waals surface area contributed by atoms with E-state index in [2.05, 4.69) is 18.7 Å². The number of amides is 1. The summed E-state index contributed by atoms with van der Waals surface area (Å²) in [4.78, 5) is 31.2. The fourth-order valence-corrected chi connectivity index (χ4v) is 4.64. The van der Waals surface area contributed by atoms with E-state index < -0.39 is 11.7 Å². The maximum atomic E-state index is 14.1. The minimum atomic E-state index is -0.722. The Morgan fingerprint density at radius 1 is 0.872 bits per heavy atom. The van der Waals surface area contributed by atoms with Crippen LogP contribution in [0.2, 0.25) is 0 Å². The first-order valence-corrected chi connectivity index (χ1v) is 13.4. The van der Waals surface area contributed by atoms with Crippen LogP contribution in [0.5, 0.6) is 5.88 Å². The lowest BCUT2D eigenvalue weighted by Gasteiger charge is -2.25. The molecule has 0 saturated heterocycles. The summed E-state index contributed by atoms with van der Waals surface area (Å²) in [5, 5.41) is 11.7. The molecule has 39 heavy (non-hydrogen) atoms. The normalized spacial score (nSPS) is 10.9. The number of anilines is 3. The summed E-state index contributed by atoms with van der Waals surface area (Å²) < 4.78 is 8.39. The van der Waals surface area contributed by atoms with Gasteiger partial charge in [0.2, 0.25) is 5.88 Å². The summed E-state index contributed by atoms with van der Waals surface area (Å²) in [5.41, 5.74) is 2.61. The summed E-state index contributed by atoms with van der Waals surface area (Å²) in [6.45, 7) is 9.93. The maximum Gasteiger partial charge on any atom is 0.419 e. The standard InChI is InChI=1S/C31H36N4O4/c1-5-8-21-39-31(38)33(27-20-19-26(22-23(27)4)32(6-2)7-3)28-29(36)34(24-15-11-9-12-16-24)35(30(28)37)25-17-13-10-14-18-25/h9-20,22,36H,5-8,21H2,1-4H3. The number of benzene rings is 3. The van der Waals surface area contributed by atoms with Gasteiger partial charge in [-0.15, -0.1) is 0 Å². The zero-order valence-electron chi connectivity index (χ0n) is 23.0. The second-order valence-electron chi connectivity index (χ2n) is 9.22. The van der Waals surface area contributed by atoms with Crippen molar-refractivity contribution in [1.29, 1.82) is 0 Å². The summed E-state index contributed by atoms with van der Waals surface area (Å²) >= 11 is 0. The molecule has 8 heteroatoms. The second-order valence-corrected chi connectivity index (χ2v) is 9.22. The first-order chi connectivity index (χ1) is 18.9. The highest BCUT2D eigenvalue weighted by Crippen LogP contribution is 2.37. The molecule has 4 aromatic rings. The molecule has 0 aliphatic rings. The van der Waals surface area contributed by atoms with Gasteiger partial charge in [-0.05, 0) is 75.2 Å². The third-order valence-electron chi connectivity index (χ3n) is 6.69. The molecule has 1 amide bonds. The molecular formula is C31H36N4O4. The van der Waals surface area contributed by atoms with Crippen molar-refractivity contribution >= 4 is 23.2 Å². The molecule has 0 fully saturated rings. The average Bonchev–Trinajstić information content (AvgIpc) is 3.21. The Morgan fingerprint density at radius 2 is 1.46 bits per heavy atom. The SMILES string of the molecule is CCCCOC(=O)N(c1ccc(N(CC)CC)cc1C)c1c(O)n(-c2ccccc2)n(-c2ccccc2)c1=O. The van der Waals surface area contributed by atoms with Crippen molar-refractivity contribution in [1.82, 2.24) is 9.36 Å². The summed E-state index contributed by atoms with van der Waals surface area (Å²) in [6, 6.07) is 23.8. The Bertz CT molecular complexity index is 1460. The van der Waals surface area contributed by atoms with E-state index in [4.69, 9.17) is 4.74 Å². The highest BCUT2D eigenvalue weighted by Gasteiger charge is 2.33. The molecule has 1 aromatic heterocycles. The number of aryl methyl sites for hydroxylation is 1. The smallest absolute Gasteiger partial charge is 0.419 e. The van der Waals surface area contributed by atoms with E-state index in [-0.39, 0.29) is 18.2 Å². The van der Waals surface area contributed by atoms with Crippen molar-refractivity contribution in [3.8, 4) is 17.3 Å². The molecular weight excluding hydrogens is 492 g/mol. The van der Waals surface area contributed by atoms with E-state index in [9.17, 15) is 14.7 Å². The molecule has 4 rings (SSSR count). The van der Waals surface area contributed by atoms with Crippen LogP contribution in [0, 0.1) is 6.92 Å². The largest absolute Gasteiger partial charge is 0.492 e. The van der Waals surface area contributed by atoms with Crippen LogP contribution in [-0.4, -0.2) is 40.3 Å². The number of carbonyl (C=O) groups is 1. The van der Waals surface area contributed by atoms with Crippen molar-refractivity contribution in [2.45, 2.75) is 40.5 Å². The number of aromatic hydroxyl groups is 1.